The van der Waals surface area contributed by atoms with Crippen molar-refractivity contribution in [2.45, 2.75) is 18.3 Å². The lowest BCUT2D eigenvalue weighted by Gasteiger charge is -2.21. The van der Waals surface area contributed by atoms with Crippen molar-refractivity contribution >= 4 is 15.4 Å². The number of halogens is 3. The quantitative estimate of drug-likeness (QED) is 0.682. The van der Waals surface area contributed by atoms with Crippen molar-refractivity contribution in [3.05, 3.63) is 0 Å². The predicted molar refractivity (Wildman–Crippen MR) is 55.0 cm³/mol. The van der Waals surface area contributed by atoms with Crippen LogP contribution in [0.1, 0.15) is 6.42 Å². The summed E-state index contributed by atoms with van der Waals surface area (Å²) in [7, 11) is -5.99. The Labute approximate surface area is 92.2 Å². The van der Waals surface area contributed by atoms with Gasteiger partial charge in [0.25, 0.3) is 0 Å². The number of alkyl halides is 3. The second kappa shape index (κ2) is 7.35. The summed E-state index contributed by atoms with van der Waals surface area (Å²) < 4.78 is 55.9. The standard InChI is InChI=1S/C5H11F3NO2P.CH3O2P/c1-12(10,11)4(2-3-9)5(6,7)8;1-4(2)3/h4H,2-3,9H2,1H3,(H,10,11);1H3/p+1. The molecule has 0 amide bonds. The van der Waals surface area contributed by atoms with Crippen LogP contribution in [0.15, 0.2) is 0 Å². The van der Waals surface area contributed by atoms with Gasteiger partial charge in [-0.25, -0.2) is 0 Å². The Bertz CT molecular complexity index is 261. The molecule has 4 N–H and O–H groups in total. The topological polar surface area (TPSA) is 101 Å². The Hall–Kier alpha value is -0.0000000000000000763. The van der Waals surface area contributed by atoms with Crippen molar-refractivity contribution in [3.8, 4) is 0 Å². The molecule has 0 spiro atoms. The van der Waals surface area contributed by atoms with E-state index in [-0.39, 0.29) is 6.54 Å². The van der Waals surface area contributed by atoms with Gasteiger partial charge in [0.15, 0.2) is 6.66 Å². The van der Waals surface area contributed by atoms with E-state index in [0.717, 1.165) is 0 Å². The second-order valence-corrected chi connectivity index (χ2v) is 6.48. The lowest BCUT2D eigenvalue weighted by molar-refractivity contribution is -0.132. The van der Waals surface area contributed by atoms with Gasteiger partial charge in [-0.05, 0) is 17.5 Å². The van der Waals surface area contributed by atoms with Crippen LogP contribution < -0.4 is 5.73 Å². The average molecular weight is 284 g/mol. The number of nitrogens with two attached hydrogens (primary N) is 1. The highest BCUT2D eigenvalue weighted by atomic mass is 31.2. The molecule has 16 heavy (non-hydrogen) atoms. The van der Waals surface area contributed by atoms with Gasteiger partial charge >= 0.3 is 14.2 Å². The van der Waals surface area contributed by atoms with Gasteiger partial charge in [-0.15, -0.1) is 0 Å². The molecule has 0 bridgehead atoms. The van der Waals surface area contributed by atoms with Crippen molar-refractivity contribution in [3.63, 3.8) is 0 Å². The molecule has 5 nitrogen and oxygen atoms in total. The molecular formula is C6H15F3NO4P2+. The fourth-order valence-electron chi connectivity index (χ4n) is 0.833. The molecule has 3 atom stereocenters. The maximum absolute atomic E-state index is 12.0. The highest BCUT2D eigenvalue weighted by Gasteiger charge is 2.47. The normalized spacial score (nSPS) is 17.9. The summed E-state index contributed by atoms with van der Waals surface area (Å²) in [6.45, 7) is 1.68. The van der Waals surface area contributed by atoms with Crippen LogP contribution >= 0.6 is 15.4 Å². The van der Waals surface area contributed by atoms with Gasteiger partial charge in [-0.1, -0.05) is 0 Å². The molecule has 0 rings (SSSR count). The minimum atomic E-state index is -4.64. The van der Waals surface area contributed by atoms with Gasteiger partial charge in [0.05, 0.1) is 0 Å². The Kier molecular flexibility index (Phi) is 8.44. The van der Waals surface area contributed by atoms with Crippen molar-refractivity contribution in [2.24, 2.45) is 5.73 Å². The first-order valence-electron chi connectivity index (χ1n) is 4.09. The van der Waals surface area contributed by atoms with E-state index in [1.54, 1.807) is 0 Å². The first kappa shape index (κ1) is 18.4. The molecule has 3 unspecified atom stereocenters. The van der Waals surface area contributed by atoms with E-state index in [2.05, 4.69) is 0 Å². The number of hydrogen-bond acceptors (Lipinski definition) is 3. The highest BCUT2D eigenvalue weighted by Crippen LogP contribution is 2.50. The van der Waals surface area contributed by atoms with Gasteiger partial charge in [0.2, 0.25) is 7.37 Å². The smallest absolute Gasteiger partial charge is 0.344 e. The molecule has 0 aromatic heterocycles. The average Bonchev–Trinajstić information content (AvgIpc) is 1.94. The minimum absolute atomic E-state index is 0.247. The van der Waals surface area contributed by atoms with Gasteiger partial charge in [0.1, 0.15) is 5.66 Å². The van der Waals surface area contributed by atoms with Crippen LogP contribution in [0.25, 0.3) is 0 Å². The molecule has 0 saturated carbocycles. The van der Waals surface area contributed by atoms with E-state index in [1.165, 1.54) is 6.66 Å². The SMILES string of the molecule is CP(=O)(O)C(CCN)C(F)(F)F.C[P+](=O)O. The molecule has 98 valence electrons. The van der Waals surface area contributed by atoms with Crippen molar-refractivity contribution in [1.82, 2.24) is 0 Å². The van der Waals surface area contributed by atoms with E-state index in [0.29, 0.717) is 6.66 Å². The van der Waals surface area contributed by atoms with E-state index in [9.17, 15) is 17.7 Å². The van der Waals surface area contributed by atoms with Gasteiger partial charge in [0, 0.05) is 6.66 Å². The first-order valence-corrected chi connectivity index (χ1v) is 7.93. The van der Waals surface area contributed by atoms with Crippen LogP contribution in [0, 0.1) is 0 Å². The Morgan fingerprint density at radius 1 is 1.50 bits per heavy atom. The third-order valence-corrected chi connectivity index (χ3v) is 3.10. The largest absolute Gasteiger partial charge is 0.502 e. The predicted octanol–water partition coefficient (Wildman–Crippen LogP) is 1.52. The van der Waals surface area contributed by atoms with Crippen molar-refractivity contribution < 1.29 is 32.1 Å². The lowest BCUT2D eigenvalue weighted by Crippen LogP contribution is -2.30. The molecule has 0 aromatic rings. The second-order valence-electron chi connectivity index (χ2n) is 3.04. The molecule has 0 radical (unpaired) electrons. The third-order valence-electron chi connectivity index (χ3n) is 1.40. The van der Waals surface area contributed by atoms with Gasteiger partial charge < -0.3 is 10.6 Å². The molecule has 0 saturated heterocycles. The Balaban J connectivity index is 0. The summed E-state index contributed by atoms with van der Waals surface area (Å²) in [5, 5.41) is 0. The summed E-state index contributed by atoms with van der Waals surface area (Å²) >= 11 is 0. The summed E-state index contributed by atoms with van der Waals surface area (Å²) in [4.78, 5) is 16.3. The molecule has 10 heteroatoms. The summed E-state index contributed by atoms with van der Waals surface area (Å²) in [6, 6.07) is 0. The van der Waals surface area contributed by atoms with Crippen LogP contribution in [0.5, 0.6) is 0 Å². The Morgan fingerprint density at radius 2 is 1.81 bits per heavy atom. The maximum Gasteiger partial charge on any atom is 0.502 e. The third kappa shape index (κ3) is 10.5. The number of hydrogen-bond donors (Lipinski definition) is 3. The zero-order valence-corrected chi connectivity index (χ0v) is 10.6. The zero-order chi connectivity index (χ0) is 13.6. The molecule has 0 aliphatic carbocycles. The highest BCUT2D eigenvalue weighted by molar-refractivity contribution is 7.58. The van der Waals surface area contributed by atoms with E-state index >= 15 is 0 Å². The maximum atomic E-state index is 12.0. The molecule has 0 aliphatic heterocycles. The van der Waals surface area contributed by atoms with E-state index in [1.807, 2.05) is 0 Å². The molecule has 0 aliphatic rings. The van der Waals surface area contributed by atoms with Crippen LogP contribution in [0.3, 0.4) is 0 Å². The summed E-state index contributed by atoms with van der Waals surface area (Å²) in [5.74, 6) is 0. The van der Waals surface area contributed by atoms with Crippen LogP contribution in [0.2, 0.25) is 0 Å². The fourth-order valence-corrected chi connectivity index (χ4v) is 2.00. The van der Waals surface area contributed by atoms with Gasteiger partial charge in [-0.2, -0.15) is 18.1 Å². The van der Waals surface area contributed by atoms with E-state index < -0.39 is 33.7 Å². The fraction of sp³-hybridized carbons (Fsp3) is 1.00. The van der Waals surface area contributed by atoms with Crippen LogP contribution in [0.4, 0.5) is 13.2 Å². The lowest BCUT2D eigenvalue weighted by atomic mass is 10.3. The van der Waals surface area contributed by atoms with Crippen LogP contribution in [-0.4, -0.2) is 41.5 Å². The summed E-state index contributed by atoms with van der Waals surface area (Å²) in [6.07, 6.45) is -5.15. The van der Waals surface area contributed by atoms with Crippen molar-refractivity contribution in [2.75, 3.05) is 19.9 Å². The van der Waals surface area contributed by atoms with E-state index in [4.69, 9.17) is 20.1 Å². The molecule has 0 heterocycles. The summed E-state index contributed by atoms with van der Waals surface area (Å²) in [5.41, 5.74) is 2.71. The molecule has 0 aromatic carbocycles. The van der Waals surface area contributed by atoms with Crippen molar-refractivity contribution in [1.29, 1.82) is 0 Å². The van der Waals surface area contributed by atoms with Crippen LogP contribution in [-0.2, 0) is 9.13 Å². The van der Waals surface area contributed by atoms with Gasteiger partial charge in [-0.3, -0.25) is 4.57 Å². The zero-order valence-electron chi connectivity index (χ0n) is 8.81. The molecule has 0 fully saturated rings. The Morgan fingerprint density at radius 3 is 1.88 bits per heavy atom. The molecular weight excluding hydrogens is 269 g/mol. The number of rotatable bonds is 3. The minimum Gasteiger partial charge on any atom is -0.344 e. The monoisotopic (exact) mass is 284 g/mol. The first-order chi connectivity index (χ1) is 6.92.